The van der Waals surface area contributed by atoms with Crippen LogP contribution in [0.15, 0.2) is 53.9 Å². The highest BCUT2D eigenvalue weighted by Gasteiger charge is 2.12. The Labute approximate surface area is 175 Å². The number of hydrogen-bond donors (Lipinski definition) is 2. The van der Waals surface area contributed by atoms with Crippen molar-refractivity contribution < 1.29 is 9.59 Å². The summed E-state index contributed by atoms with van der Waals surface area (Å²) in [4.78, 5) is 24.0. The van der Waals surface area contributed by atoms with Gasteiger partial charge in [0.25, 0.3) is 5.91 Å². The molecule has 0 saturated heterocycles. The fourth-order valence-electron chi connectivity index (χ4n) is 2.20. The molecule has 1 heterocycles. The SMILES string of the molecule is Cc1ccc(-n2cnnc2SCC(=O)NNC(=O)c2ccc(Cl)cc2)cc1Cl. The fraction of sp³-hybridized carbons (Fsp3) is 0.111. The molecule has 7 nitrogen and oxygen atoms in total. The first-order chi connectivity index (χ1) is 13.4. The molecule has 0 radical (unpaired) electrons. The van der Waals surface area contributed by atoms with Gasteiger partial charge >= 0.3 is 0 Å². The largest absolute Gasteiger partial charge is 0.277 e. The summed E-state index contributed by atoms with van der Waals surface area (Å²) in [6, 6.07) is 11.9. The molecule has 2 N–H and O–H groups in total. The molecule has 28 heavy (non-hydrogen) atoms. The Bertz CT molecular complexity index is 1010. The van der Waals surface area contributed by atoms with Crippen molar-refractivity contribution in [2.24, 2.45) is 0 Å². The zero-order valence-corrected chi connectivity index (χ0v) is 17.0. The van der Waals surface area contributed by atoms with E-state index in [9.17, 15) is 9.59 Å². The van der Waals surface area contributed by atoms with Gasteiger partial charge in [-0.05, 0) is 48.9 Å². The molecule has 2 aromatic carbocycles. The van der Waals surface area contributed by atoms with Crippen molar-refractivity contribution in [1.82, 2.24) is 25.6 Å². The van der Waals surface area contributed by atoms with E-state index in [-0.39, 0.29) is 11.7 Å². The van der Waals surface area contributed by atoms with Crippen molar-refractivity contribution in [3.05, 3.63) is 70.0 Å². The van der Waals surface area contributed by atoms with Crippen molar-refractivity contribution in [1.29, 1.82) is 0 Å². The first kappa shape index (κ1) is 20.2. The van der Waals surface area contributed by atoms with Gasteiger partial charge in [-0.3, -0.25) is 25.0 Å². The fourth-order valence-corrected chi connectivity index (χ4v) is 3.23. The van der Waals surface area contributed by atoms with Crippen molar-refractivity contribution >= 4 is 46.8 Å². The minimum absolute atomic E-state index is 0.0409. The first-order valence-corrected chi connectivity index (χ1v) is 9.82. The maximum absolute atomic E-state index is 12.0. The number of aromatic nitrogens is 3. The molecule has 0 aliphatic rings. The number of hydrazine groups is 1. The summed E-state index contributed by atoms with van der Waals surface area (Å²) in [6.07, 6.45) is 1.55. The number of carbonyl (C=O) groups is 2. The second-order valence-electron chi connectivity index (χ2n) is 5.71. The van der Waals surface area contributed by atoms with Crippen LogP contribution in [0.3, 0.4) is 0 Å². The molecule has 3 aromatic rings. The van der Waals surface area contributed by atoms with Gasteiger partial charge in [-0.1, -0.05) is 41.0 Å². The van der Waals surface area contributed by atoms with Gasteiger partial charge in [-0.25, -0.2) is 0 Å². The van der Waals surface area contributed by atoms with Gasteiger partial charge in [0.1, 0.15) is 6.33 Å². The summed E-state index contributed by atoms with van der Waals surface area (Å²) in [7, 11) is 0. The van der Waals surface area contributed by atoms with E-state index in [0.717, 1.165) is 11.3 Å². The van der Waals surface area contributed by atoms with E-state index in [0.29, 0.717) is 20.8 Å². The number of thioether (sulfide) groups is 1. The second-order valence-corrected chi connectivity index (χ2v) is 7.50. The van der Waals surface area contributed by atoms with Crippen LogP contribution >= 0.6 is 35.0 Å². The van der Waals surface area contributed by atoms with E-state index in [2.05, 4.69) is 21.0 Å². The third-order valence-electron chi connectivity index (χ3n) is 3.70. The van der Waals surface area contributed by atoms with E-state index < -0.39 is 5.91 Å². The Morgan fingerprint density at radius 3 is 2.57 bits per heavy atom. The molecule has 0 saturated carbocycles. The van der Waals surface area contributed by atoms with Gasteiger partial charge in [-0.15, -0.1) is 10.2 Å². The van der Waals surface area contributed by atoms with Crippen LogP contribution < -0.4 is 10.9 Å². The minimum Gasteiger partial charge on any atom is -0.277 e. The summed E-state index contributed by atoms with van der Waals surface area (Å²) in [5, 5.41) is 9.59. The van der Waals surface area contributed by atoms with Crippen LogP contribution in [-0.2, 0) is 4.79 Å². The standard InChI is InChI=1S/C18H15Cl2N5O2S/c1-11-2-7-14(8-15(11)20)25-10-21-24-18(25)28-9-16(26)22-23-17(27)12-3-5-13(19)6-4-12/h2-8,10H,9H2,1H3,(H,22,26)(H,23,27). The molecule has 2 amide bonds. The summed E-state index contributed by atoms with van der Waals surface area (Å²) in [5.41, 5.74) is 6.85. The summed E-state index contributed by atoms with van der Waals surface area (Å²) in [5.74, 6) is -0.782. The monoisotopic (exact) mass is 435 g/mol. The molecule has 0 bridgehead atoms. The van der Waals surface area contributed by atoms with Gasteiger partial charge in [0, 0.05) is 15.6 Å². The normalized spacial score (nSPS) is 10.5. The Kier molecular flexibility index (Phi) is 6.56. The van der Waals surface area contributed by atoms with Crippen LogP contribution in [0.5, 0.6) is 0 Å². The Morgan fingerprint density at radius 2 is 1.86 bits per heavy atom. The van der Waals surface area contributed by atoms with Gasteiger partial charge in [0.05, 0.1) is 11.4 Å². The molecule has 3 rings (SSSR count). The third kappa shape index (κ3) is 5.03. The maximum Gasteiger partial charge on any atom is 0.269 e. The van der Waals surface area contributed by atoms with Gasteiger partial charge in [-0.2, -0.15) is 0 Å². The number of aryl methyl sites for hydroxylation is 1. The lowest BCUT2D eigenvalue weighted by molar-refractivity contribution is -0.119. The van der Waals surface area contributed by atoms with E-state index in [1.807, 2.05) is 19.1 Å². The Hall–Kier alpha value is -2.55. The van der Waals surface area contributed by atoms with Crippen LogP contribution in [-0.4, -0.2) is 32.3 Å². The highest BCUT2D eigenvalue weighted by molar-refractivity contribution is 7.99. The molecular weight excluding hydrogens is 421 g/mol. The predicted molar refractivity (Wildman–Crippen MR) is 109 cm³/mol. The van der Waals surface area contributed by atoms with Gasteiger partial charge in [0.15, 0.2) is 5.16 Å². The number of carbonyl (C=O) groups excluding carboxylic acids is 2. The van der Waals surface area contributed by atoms with E-state index in [4.69, 9.17) is 23.2 Å². The number of hydrogen-bond acceptors (Lipinski definition) is 5. The summed E-state index contributed by atoms with van der Waals surface area (Å²) >= 11 is 13.1. The average molecular weight is 436 g/mol. The minimum atomic E-state index is -0.438. The number of nitrogens with zero attached hydrogens (tertiary/aromatic N) is 3. The molecule has 0 aliphatic carbocycles. The van der Waals surface area contributed by atoms with E-state index >= 15 is 0 Å². The predicted octanol–water partition coefficient (Wildman–Crippen LogP) is 3.44. The number of rotatable bonds is 5. The number of amides is 2. The lowest BCUT2D eigenvalue weighted by atomic mass is 10.2. The molecule has 0 unspecified atom stereocenters. The van der Waals surface area contributed by atoms with Crippen LogP contribution in [0.1, 0.15) is 15.9 Å². The lowest BCUT2D eigenvalue weighted by Crippen LogP contribution is -2.42. The summed E-state index contributed by atoms with van der Waals surface area (Å²) < 4.78 is 1.73. The quantitative estimate of drug-likeness (QED) is 0.473. The molecule has 144 valence electrons. The smallest absolute Gasteiger partial charge is 0.269 e. The van der Waals surface area contributed by atoms with Crippen molar-refractivity contribution in [2.75, 3.05) is 5.75 Å². The van der Waals surface area contributed by atoms with Crippen LogP contribution in [0.25, 0.3) is 5.69 Å². The third-order valence-corrected chi connectivity index (χ3v) is 5.31. The van der Waals surface area contributed by atoms with Crippen molar-refractivity contribution in [3.8, 4) is 5.69 Å². The van der Waals surface area contributed by atoms with Crippen molar-refractivity contribution in [3.63, 3.8) is 0 Å². The molecular formula is C18H15Cl2N5O2S. The van der Waals surface area contributed by atoms with Gasteiger partial charge in [0.2, 0.25) is 5.91 Å². The zero-order chi connectivity index (χ0) is 20.1. The topological polar surface area (TPSA) is 88.9 Å². The van der Waals surface area contributed by atoms with Crippen LogP contribution in [0, 0.1) is 6.92 Å². The Balaban J connectivity index is 1.55. The number of nitrogens with one attached hydrogen (secondary N) is 2. The lowest BCUT2D eigenvalue weighted by Gasteiger charge is -2.09. The van der Waals surface area contributed by atoms with E-state index in [1.165, 1.54) is 11.8 Å². The molecule has 0 aliphatic heterocycles. The first-order valence-electron chi connectivity index (χ1n) is 8.08. The second kappa shape index (κ2) is 9.09. The molecule has 0 atom stereocenters. The zero-order valence-electron chi connectivity index (χ0n) is 14.6. The molecule has 0 fully saturated rings. The van der Waals surface area contributed by atoms with Crippen LogP contribution in [0.2, 0.25) is 10.0 Å². The average Bonchev–Trinajstić information content (AvgIpc) is 3.16. The summed E-state index contributed by atoms with van der Waals surface area (Å²) in [6.45, 7) is 1.91. The molecule has 1 aromatic heterocycles. The molecule has 0 spiro atoms. The highest BCUT2D eigenvalue weighted by atomic mass is 35.5. The molecule has 10 heteroatoms. The maximum atomic E-state index is 12.0. The number of halogens is 2. The number of benzene rings is 2. The van der Waals surface area contributed by atoms with E-state index in [1.54, 1.807) is 41.2 Å². The van der Waals surface area contributed by atoms with Crippen molar-refractivity contribution in [2.45, 2.75) is 12.1 Å². The highest BCUT2D eigenvalue weighted by Crippen LogP contribution is 2.23. The Morgan fingerprint density at radius 1 is 1.11 bits per heavy atom. The van der Waals surface area contributed by atoms with Crippen LogP contribution in [0.4, 0.5) is 0 Å². The van der Waals surface area contributed by atoms with Gasteiger partial charge < -0.3 is 0 Å².